The number of rotatable bonds is 6. The van der Waals surface area contributed by atoms with Gasteiger partial charge in [0.15, 0.2) is 0 Å². The predicted molar refractivity (Wildman–Crippen MR) is 88.8 cm³/mol. The molecule has 2 amide bonds. The highest BCUT2D eigenvalue weighted by atomic mass is 32.1. The Morgan fingerprint density at radius 3 is 2.72 bits per heavy atom. The van der Waals surface area contributed by atoms with Crippen molar-refractivity contribution in [2.24, 2.45) is 0 Å². The van der Waals surface area contributed by atoms with Crippen LogP contribution in [-0.4, -0.2) is 30.4 Å². The van der Waals surface area contributed by atoms with Crippen molar-refractivity contribution in [2.75, 3.05) is 19.0 Å². The average Bonchev–Trinajstić information content (AvgIpc) is 3.11. The van der Waals surface area contributed by atoms with Gasteiger partial charge in [0.1, 0.15) is 6.10 Å². The second-order valence-corrected chi connectivity index (χ2v) is 5.65. The number of ether oxygens (including phenoxy) is 1. The lowest BCUT2D eigenvalue weighted by Crippen LogP contribution is -2.37. The maximum absolute atomic E-state index is 13.3. The van der Waals surface area contributed by atoms with Gasteiger partial charge in [-0.1, -0.05) is 0 Å². The Labute approximate surface area is 145 Å². The van der Waals surface area contributed by atoms with Crippen LogP contribution in [-0.2, 0) is 14.3 Å². The molecule has 10 heteroatoms. The van der Waals surface area contributed by atoms with Crippen LogP contribution >= 0.6 is 11.3 Å². The molecule has 0 aliphatic carbocycles. The van der Waals surface area contributed by atoms with Crippen molar-refractivity contribution in [3.8, 4) is 0 Å². The van der Waals surface area contributed by atoms with E-state index >= 15 is 0 Å². The molecular formula is C15H14FN3O5S. The number of hydrogen-bond donors (Lipinski definition) is 2. The van der Waals surface area contributed by atoms with E-state index < -0.39 is 34.3 Å². The summed E-state index contributed by atoms with van der Waals surface area (Å²) in [6, 6.07) is 4.63. The van der Waals surface area contributed by atoms with Gasteiger partial charge in [-0.3, -0.25) is 19.7 Å². The Balaban J connectivity index is 1.95. The number of halogens is 1. The van der Waals surface area contributed by atoms with Crippen LogP contribution in [0.5, 0.6) is 0 Å². The molecule has 2 rings (SSSR count). The molecule has 0 fully saturated rings. The first-order valence-corrected chi connectivity index (χ1v) is 7.94. The van der Waals surface area contributed by atoms with Gasteiger partial charge in [0.25, 0.3) is 0 Å². The first-order valence-electron chi connectivity index (χ1n) is 7.00. The minimum atomic E-state index is -1.04. The third-order valence-corrected chi connectivity index (χ3v) is 3.96. The number of nitrogens with one attached hydrogen (secondary N) is 2. The van der Waals surface area contributed by atoms with Gasteiger partial charge in [-0.05, 0) is 34.5 Å². The second-order valence-electron chi connectivity index (χ2n) is 4.87. The highest BCUT2D eigenvalue weighted by molar-refractivity contribution is 7.07. The predicted octanol–water partition coefficient (Wildman–Crippen LogP) is 2.24. The highest BCUT2D eigenvalue weighted by Crippen LogP contribution is 2.21. The number of anilines is 1. The molecule has 2 aromatic rings. The number of amides is 2. The van der Waals surface area contributed by atoms with Crippen molar-refractivity contribution >= 4 is 34.5 Å². The van der Waals surface area contributed by atoms with Gasteiger partial charge in [0.2, 0.25) is 5.82 Å². The summed E-state index contributed by atoms with van der Waals surface area (Å²) in [6.45, 7) is 0.0725. The van der Waals surface area contributed by atoms with Crippen LogP contribution in [0.3, 0.4) is 0 Å². The summed E-state index contributed by atoms with van der Waals surface area (Å²) in [4.78, 5) is 33.4. The normalized spacial score (nSPS) is 11.6. The summed E-state index contributed by atoms with van der Waals surface area (Å²) in [5.74, 6) is -3.00. The third kappa shape index (κ3) is 4.81. The van der Waals surface area contributed by atoms with E-state index in [0.29, 0.717) is 0 Å². The zero-order valence-corrected chi connectivity index (χ0v) is 13.8. The van der Waals surface area contributed by atoms with Crippen LogP contribution in [0.2, 0.25) is 0 Å². The van der Waals surface area contributed by atoms with Crippen LogP contribution in [0.1, 0.15) is 11.7 Å². The molecule has 1 heterocycles. The van der Waals surface area contributed by atoms with E-state index in [1.165, 1.54) is 18.4 Å². The molecule has 0 saturated carbocycles. The second kappa shape index (κ2) is 8.31. The number of nitrogens with zero attached hydrogens (tertiary/aromatic N) is 1. The van der Waals surface area contributed by atoms with Crippen molar-refractivity contribution < 1.29 is 23.6 Å². The molecule has 0 radical (unpaired) electrons. The fourth-order valence-corrected chi connectivity index (χ4v) is 2.68. The van der Waals surface area contributed by atoms with Crippen LogP contribution in [0.4, 0.5) is 15.8 Å². The Hall–Kier alpha value is -2.85. The smallest absolute Gasteiger partial charge is 0.313 e. The van der Waals surface area contributed by atoms with Crippen LogP contribution in [0.25, 0.3) is 0 Å². The van der Waals surface area contributed by atoms with Crippen molar-refractivity contribution in [2.45, 2.75) is 6.10 Å². The number of hydrogen-bond acceptors (Lipinski definition) is 6. The number of benzene rings is 1. The Morgan fingerprint density at radius 1 is 1.36 bits per heavy atom. The Kier molecular flexibility index (Phi) is 6.14. The highest BCUT2D eigenvalue weighted by Gasteiger charge is 2.19. The first-order chi connectivity index (χ1) is 11.9. The van der Waals surface area contributed by atoms with Crippen molar-refractivity contribution in [1.82, 2.24) is 5.32 Å². The van der Waals surface area contributed by atoms with Crippen LogP contribution in [0, 0.1) is 15.9 Å². The monoisotopic (exact) mass is 367 g/mol. The lowest BCUT2D eigenvalue weighted by molar-refractivity contribution is -0.387. The molecule has 2 N–H and O–H groups in total. The lowest BCUT2D eigenvalue weighted by atomic mass is 10.2. The molecule has 1 atom stereocenters. The zero-order valence-electron chi connectivity index (χ0n) is 13.0. The van der Waals surface area contributed by atoms with E-state index in [1.807, 2.05) is 16.8 Å². The summed E-state index contributed by atoms with van der Waals surface area (Å²) in [5.41, 5.74) is 0.00635. The summed E-state index contributed by atoms with van der Waals surface area (Å²) in [6.07, 6.45) is -0.407. The van der Waals surface area contributed by atoms with Gasteiger partial charge < -0.3 is 15.4 Å². The molecular weight excluding hydrogens is 353 g/mol. The average molecular weight is 367 g/mol. The minimum absolute atomic E-state index is 0.0608. The van der Waals surface area contributed by atoms with Crippen LogP contribution < -0.4 is 10.6 Å². The molecule has 1 aromatic heterocycles. The largest absolute Gasteiger partial charge is 0.375 e. The summed E-state index contributed by atoms with van der Waals surface area (Å²) in [7, 11) is 1.48. The number of methoxy groups -OCH3 is 1. The van der Waals surface area contributed by atoms with E-state index in [4.69, 9.17) is 4.74 Å². The van der Waals surface area contributed by atoms with E-state index in [-0.39, 0.29) is 12.2 Å². The van der Waals surface area contributed by atoms with Gasteiger partial charge in [-0.15, -0.1) is 0 Å². The Bertz CT molecular complexity index is 781. The maximum Gasteiger partial charge on any atom is 0.313 e. The summed E-state index contributed by atoms with van der Waals surface area (Å²) in [5, 5.41) is 19.0. The van der Waals surface area contributed by atoms with Crippen molar-refractivity contribution in [3.63, 3.8) is 0 Å². The SMILES string of the molecule is COC(CNC(=O)C(=O)Nc1ccc(F)c([N+](=O)[O-])c1)c1ccsc1. The molecule has 1 unspecified atom stereocenters. The van der Waals surface area contributed by atoms with Gasteiger partial charge in [0, 0.05) is 25.4 Å². The van der Waals surface area contributed by atoms with E-state index in [2.05, 4.69) is 10.6 Å². The maximum atomic E-state index is 13.3. The molecule has 1 aromatic carbocycles. The van der Waals surface area contributed by atoms with E-state index in [0.717, 1.165) is 23.8 Å². The molecule has 25 heavy (non-hydrogen) atoms. The van der Waals surface area contributed by atoms with E-state index in [9.17, 15) is 24.1 Å². The molecule has 0 saturated heterocycles. The number of carbonyl (C=O) groups excluding carboxylic acids is 2. The molecule has 0 aliphatic rings. The van der Waals surface area contributed by atoms with Gasteiger partial charge in [0.05, 0.1) is 4.92 Å². The Morgan fingerprint density at radius 2 is 2.12 bits per heavy atom. The fourth-order valence-electron chi connectivity index (χ4n) is 1.98. The van der Waals surface area contributed by atoms with Gasteiger partial charge in [-0.2, -0.15) is 15.7 Å². The topological polar surface area (TPSA) is 111 Å². The molecule has 0 aliphatic heterocycles. The first kappa shape index (κ1) is 18.5. The zero-order chi connectivity index (χ0) is 18.4. The number of nitro benzene ring substituents is 1. The molecule has 132 valence electrons. The molecule has 0 bridgehead atoms. The van der Waals surface area contributed by atoms with E-state index in [1.54, 1.807) is 0 Å². The third-order valence-electron chi connectivity index (χ3n) is 3.25. The molecule has 0 spiro atoms. The quantitative estimate of drug-likeness (QED) is 0.462. The summed E-state index contributed by atoms with van der Waals surface area (Å²) >= 11 is 1.47. The summed E-state index contributed by atoms with van der Waals surface area (Å²) < 4.78 is 18.5. The van der Waals surface area contributed by atoms with Crippen molar-refractivity contribution in [3.05, 3.63) is 56.5 Å². The number of nitro groups is 1. The standard InChI is InChI=1S/C15H14FN3O5S/c1-24-13(9-4-5-25-8-9)7-17-14(20)15(21)18-10-2-3-11(16)12(6-10)19(22)23/h2-6,8,13H,7H2,1H3,(H,17,20)(H,18,21). The minimum Gasteiger partial charge on any atom is -0.375 e. The fraction of sp³-hybridized carbons (Fsp3) is 0.200. The van der Waals surface area contributed by atoms with Crippen molar-refractivity contribution in [1.29, 1.82) is 0 Å². The van der Waals surface area contributed by atoms with Crippen LogP contribution in [0.15, 0.2) is 35.0 Å². The van der Waals surface area contributed by atoms with Gasteiger partial charge in [-0.25, -0.2) is 0 Å². The molecule has 8 nitrogen and oxygen atoms in total. The lowest BCUT2D eigenvalue weighted by Gasteiger charge is -2.14. The number of carbonyl (C=O) groups is 2. The van der Waals surface area contributed by atoms with Gasteiger partial charge >= 0.3 is 17.5 Å². The number of thiophene rings is 1.